The third-order valence-electron chi connectivity index (χ3n) is 2.65. The molecule has 0 unspecified atom stereocenters. The van der Waals surface area contributed by atoms with Gasteiger partial charge in [-0.05, 0) is 12.8 Å². The molecule has 2 N–H and O–H groups in total. The molecule has 19 heavy (non-hydrogen) atoms. The highest BCUT2D eigenvalue weighted by atomic mass is 127. The number of guanidine groups is 1. The van der Waals surface area contributed by atoms with Gasteiger partial charge in [0, 0.05) is 24.7 Å². The zero-order valence-electron chi connectivity index (χ0n) is 12.0. The van der Waals surface area contributed by atoms with Gasteiger partial charge in [-0.15, -0.1) is 35.3 Å². The SMILES string of the molecule is CCCCCNC(=NC)NCc1ncc(CC)s1.I. The Kier molecular flexibility index (Phi) is 11.2. The molecule has 110 valence electrons. The van der Waals surface area contributed by atoms with Crippen LogP contribution in [0.15, 0.2) is 11.2 Å². The Balaban J connectivity index is 0.00000324. The number of aliphatic imine (C=N–C) groups is 1. The van der Waals surface area contributed by atoms with Gasteiger partial charge < -0.3 is 10.6 Å². The van der Waals surface area contributed by atoms with E-state index in [1.807, 2.05) is 6.20 Å². The zero-order chi connectivity index (χ0) is 13.2. The van der Waals surface area contributed by atoms with Crippen molar-refractivity contribution in [1.82, 2.24) is 15.6 Å². The van der Waals surface area contributed by atoms with Crippen LogP contribution in [0.4, 0.5) is 0 Å². The number of thiazole rings is 1. The van der Waals surface area contributed by atoms with Crippen molar-refractivity contribution < 1.29 is 0 Å². The van der Waals surface area contributed by atoms with E-state index in [1.54, 1.807) is 18.4 Å². The van der Waals surface area contributed by atoms with Crippen LogP contribution in [0.1, 0.15) is 43.0 Å². The second-order valence-corrected chi connectivity index (χ2v) is 5.33. The lowest BCUT2D eigenvalue weighted by Crippen LogP contribution is -2.37. The first-order chi connectivity index (χ1) is 8.80. The Morgan fingerprint density at radius 1 is 1.32 bits per heavy atom. The van der Waals surface area contributed by atoms with Crippen molar-refractivity contribution in [3.8, 4) is 0 Å². The summed E-state index contributed by atoms with van der Waals surface area (Å²) in [7, 11) is 1.80. The monoisotopic (exact) mass is 396 g/mol. The van der Waals surface area contributed by atoms with Gasteiger partial charge in [0.05, 0.1) is 6.54 Å². The van der Waals surface area contributed by atoms with E-state index in [0.717, 1.165) is 30.5 Å². The molecule has 0 aliphatic heterocycles. The summed E-state index contributed by atoms with van der Waals surface area (Å²) in [6, 6.07) is 0. The molecule has 6 heteroatoms. The molecular weight excluding hydrogens is 371 g/mol. The maximum Gasteiger partial charge on any atom is 0.191 e. The lowest BCUT2D eigenvalue weighted by molar-refractivity contribution is 0.682. The molecule has 1 heterocycles. The first kappa shape index (κ1) is 18.6. The number of nitrogens with one attached hydrogen (secondary N) is 2. The van der Waals surface area contributed by atoms with E-state index in [1.165, 1.54) is 24.1 Å². The molecular formula is C13H25IN4S. The molecule has 0 saturated carbocycles. The predicted octanol–water partition coefficient (Wildman–Crippen LogP) is 3.18. The van der Waals surface area contributed by atoms with E-state index >= 15 is 0 Å². The first-order valence-electron chi connectivity index (χ1n) is 6.68. The second kappa shape index (κ2) is 11.5. The summed E-state index contributed by atoms with van der Waals surface area (Å²) in [5, 5.41) is 7.71. The minimum Gasteiger partial charge on any atom is -0.356 e. The topological polar surface area (TPSA) is 49.3 Å². The van der Waals surface area contributed by atoms with Crippen molar-refractivity contribution in [3.63, 3.8) is 0 Å². The standard InChI is InChI=1S/C13H24N4S.HI/c1-4-6-7-8-15-13(14-3)17-10-12-16-9-11(5-2)18-12;/h9H,4-8,10H2,1-3H3,(H2,14,15,17);1H. The van der Waals surface area contributed by atoms with Crippen LogP contribution < -0.4 is 10.6 Å². The molecule has 4 nitrogen and oxygen atoms in total. The number of rotatable bonds is 7. The average molecular weight is 396 g/mol. The highest BCUT2D eigenvalue weighted by Gasteiger charge is 2.02. The number of aryl methyl sites for hydroxylation is 1. The molecule has 1 aromatic rings. The van der Waals surface area contributed by atoms with Crippen LogP contribution >= 0.6 is 35.3 Å². The number of halogens is 1. The molecule has 0 aromatic carbocycles. The van der Waals surface area contributed by atoms with E-state index in [4.69, 9.17) is 0 Å². The highest BCUT2D eigenvalue weighted by molar-refractivity contribution is 14.0. The Morgan fingerprint density at radius 2 is 2.11 bits per heavy atom. The lowest BCUT2D eigenvalue weighted by Gasteiger charge is -2.10. The van der Waals surface area contributed by atoms with E-state index in [2.05, 4.69) is 34.5 Å². The van der Waals surface area contributed by atoms with Gasteiger partial charge in [-0.1, -0.05) is 26.7 Å². The first-order valence-corrected chi connectivity index (χ1v) is 7.49. The number of hydrogen-bond acceptors (Lipinski definition) is 3. The van der Waals surface area contributed by atoms with Crippen LogP contribution in [0.2, 0.25) is 0 Å². The third kappa shape index (κ3) is 7.71. The molecule has 1 aromatic heterocycles. The summed E-state index contributed by atoms with van der Waals surface area (Å²) in [5.41, 5.74) is 0. The fraction of sp³-hybridized carbons (Fsp3) is 0.692. The van der Waals surface area contributed by atoms with Crippen molar-refractivity contribution in [2.45, 2.75) is 46.1 Å². The lowest BCUT2D eigenvalue weighted by atomic mass is 10.2. The minimum absolute atomic E-state index is 0. The van der Waals surface area contributed by atoms with Crippen molar-refractivity contribution in [3.05, 3.63) is 16.1 Å². The van der Waals surface area contributed by atoms with Crippen LogP contribution in [0.5, 0.6) is 0 Å². The Hall–Kier alpha value is -0.370. The summed E-state index contributed by atoms with van der Waals surface area (Å²) >= 11 is 1.76. The van der Waals surface area contributed by atoms with Gasteiger partial charge in [0.2, 0.25) is 0 Å². The normalized spacial score (nSPS) is 11.0. The Labute approximate surface area is 137 Å². The summed E-state index contributed by atoms with van der Waals surface area (Å²) in [5.74, 6) is 0.861. The quantitative estimate of drug-likeness (QED) is 0.322. The maximum absolute atomic E-state index is 4.38. The largest absolute Gasteiger partial charge is 0.356 e. The highest BCUT2D eigenvalue weighted by Crippen LogP contribution is 2.12. The van der Waals surface area contributed by atoms with Crippen molar-refractivity contribution in [2.75, 3.05) is 13.6 Å². The number of nitrogens with zero attached hydrogens (tertiary/aromatic N) is 2. The maximum atomic E-state index is 4.38. The molecule has 0 aliphatic rings. The fourth-order valence-corrected chi connectivity index (χ4v) is 2.36. The minimum atomic E-state index is 0. The number of aromatic nitrogens is 1. The van der Waals surface area contributed by atoms with Gasteiger partial charge >= 0.3 is 0 Å². The molecule has 0 aliphatic carbocycles. The molecule has 0 fully saturated rings. The van der Waals surface area contributed by atoms with Crippen LogP contribution in [0.3, 0.4) is 0 Å². The van der Waals surface area contributed by atoms with E-state index in [-0.39, 0.29) is 24.0 Å². The predicted molar refractivity (Wildman–Crippen MR) is 94.6 cm³/mol. The molecule has 0 spiro atoms. The van der Waals surface area contributed by atoms with Gasteiger partial charge in [0.15, 0.2) is 5.96 Å². The summed E-state index contributed by atoms with van der Waals surface area (Å²) < 4.78 is 0. The second-order valence-electron chi connectivity index (χ2n) is 4.13. The van der Waals surface area contributed by atoms with E-state index < -0.39 is 0 Å². The molecule has 0 radical (unpaired) electrons. The number of unbranched alkanes of at least 4 members (excludes halogenated alkanes) is 2. The van der Waals surface area contributed by atoms with Gasteiger partial charge in [-0.3, -0.25) is 4.99 Å². The van der Waals surface area contributed by atoms with Crippen LogP contribution in [0, 0.1) is 0 Å². The molecule has 1 rings (SSSR count). The molecule has 0 saturated heterocycles. The van der Waals surface area contributed by atoms with Gasteiger partial charge in [-0.25, -0.2) is 4.98 Å². The summed E-state index contributed by atoms with van der Waals surface area (Å²) in [6.07, 6.45) is 6.71. The Morgan fingerprint density at radius 3 is 2.68 bits per heavy atom. The van der Waals surface area contributed by atoms with Crippen molar-refractivity contribution in [2.24, 2.45) is 4.99 Å². The summed E-state index contributed by atoms with van der Waals surface area (Å²) in [4.78, 5) is 9.91. The zero-order valence-corrected chi connectivity index (χ0v) is 15.2. The van der Waals surface area contributed by atoms with Crippen molar-refractivity contribution >= 4 is 41.3 Å². The molecule has 0 amide bonds. The fourth-order valence-electron chi connectivity index (χ4n) is 1.55. The van der Waals surface area contributed by atoms with Crippen LogP contribution in [-0.4, -0.2) is 24.5 Å². The van der Waals surface area contributed by atoms with Crippen molar-refractivity contribution in [1.29, 1.82) is 0 Å². The Bertz CT molecular complexity index is 365. The molecule has 0 bridgehead atoms. The summed E-state index contributed by atoms with van der Waals surface area (Å²) in [6.45, 7) is 6.09. The third-order valence-corrected chi connectivity index (χ3v) is 3.79. The van der Waals surface area contributed by atoms with Gasteiger partial charge in [-0.2, -0.15) is 0 Å². The average Bonchev–Trinajstić information content (AvgIpc) is 2.86. The number of hydrogen-bond donors (Lipinski definition) is 2. The van der Waals surface area contributed by atoms with Crippen LogP contribution in [-0.2, 0) is 13.0 Å². The molecule has 0 atom stereocenters. The van der Waals surface area contributed by atoms with Crippen LogP contribution in [0.25, 0.3) is 0 Å². The van der Waals surface area contributed by atoms with Gasteiger partial charge in [0.1, 0.15) is 5.01 Å². The van der Waals surface area contributed by atoms with E-state index in [9.17, 15) is 0 Å². The van der Waals surface area contributed by atoms with E-state index in [0.29, 0.717) is 0 Å². The smallest absolute Gasteiger partial charge is 0.191 e. The van der Waals surface area contributed by atoms with Gasteiger partial charge in [0.25, 0.3) is 0 Å².